The number of aromatic amines is 1. The van der Waals surface area contributed by atoms with Gasteiger partial charge in [-0.3, -0.25) is 4.79 Å². The summed E-state index contributed by atoms with van der Waals surface area (Å²) in [4.78, 5) is 35.5. The van der Waals surface area contributed by atoms with Gasteiger partial charge >= 0.3 is 12.2 Å². The zero-order chi connectivity index (χ0) is 26.8. The number of hydrogen-bond donors (Lipinski definition) is 3. The normalized spacial score (nSPS) is 14.5. The number of anilines is 2. The number of benzene rings is 1. The number of hydrogen-bond acceptors (Lipinski definition) is 6. The first kappa shape index (κ1) is 26.1. The molecule has 2 amide bonds. The number of aryl methyl sites for hydroxylation is 1. The number of ether oxygens (including phenoxy) is 2. The molecule has 1 aliphatic rings. The Labute approximate surface area is 210 Å². The van der Waals surface area contributed by atoms with Crippen LogP contribution in [0, 0.1) is 12.3 Å². The number of pyridine rings is 1. The summed E-state index contributed by atoms with van der Waals surface area (Å²) in [5.74, 6) is 0.416. The van der Waals surface area contributed by atoms with Crippen LogP contribution in [0.15, 0.2) is 41.5 Å². The number of alkyl halides is 3. The lowest BCUT2D eigenvalue weighted by atomic mass is 9.80. The first-order chi connectivity index (χ1) is 17.5. The van der Waals surface area contributed by atoms with E-state index in [0.717, 1.165) is 6.07 Å². The van der Waals surface area contributed by atoms with Gasteiger partial charge in [0.25, 0.3) is 5.56 Å². The predicted molar refractivity (Wildman–Crippen MR) is 131 cm³/mol. The van der Waals surface area contributed by atoms with Crippen LogP contribution in [0.25, 0.3) is 11.4 Å². The van der Waals surface area contributed by atoms with E-state index >= 15 is 0 Å². The Morgan fingerprint density at radius 3 is 2.62 bits per heavy atom. The van der Waals surface area contributed by atoms with Gasteiger partial charge < -0.3 is 25.1 Å². The fraction of sp³-hybridized carbons (Fsp3) is 0.360. The third-order valence-corrected chi connectivity index (χ3v) is 5.85. The molecule has 12 heteroatoms. The number of rotatable bonds is 7. The minimum Gasteiger partial charge on any atom is -0.488 e. The molecule has 0 saturated carbocycles. The molecule has 0 bridgehead atoms. The third-order valence-electron chi connectivity index (χ3n) is 5.85. The molecular formula is C25H26F3N5O4. The Kier molecular flexibility index (Phi) is 7.21. The summed E-state index contributed by atoms with van der Waals surface area (Å²) in [6.45, 7) is 6.39. The van der Waals surface area contributed by atoms with Crippen molar-refractivity contribution < 1.29 is 27.4 Å². The number of halogens is 3. The SMILES string of the molecule is CCOc1cc(-c2ncc(NC(=O)Nc3ccc(CC4(C)COC4)c(C(F)(F)F)c3)c(C)n2)c[nH]c1=O. The van der Waals surface area contributed by atoms with Crippen LogP contribution >= 0.6 is 0 Å². The first-order valence-corrected chi connectivity index (χ1v) is 11.5. The van der Waals surface area contributed by atoms with Crippen LogP contribution in [0.3, 0.4) is 0 Å². The van der Waals surface area contributed by atoms with Crippen molar-refractivity contribution in [1.29, 1.82) is 0 Å². The summed E-state index contributed by atoms with van der Waals surface area (Å²) >= 11 is 0. The van der Waals surface area contributed by atoms with Gasteiger partial charge in [0, 0.05) is 22.9 Å². The van der Waals surface area contributed by atoms with Gasteiger partial charge in [0.05, 0.1) is 43.0 Å². The highest BCUT2D eigenvalue weighted by Crippen LogP contribution is 2.38. The van der Waals surface area contributed by atoms with Crippen LogP contribution < -0.4 is 20.9 Å². The van der Waals surface area contributed by atoms with E-state index in [1.807, 2.05) is 6.92 Å². The fourth-order valence-corrected chi connectivity index (χ4v) is 3.95. The smallest absolute Gasteiger partial charge is 0.416 e. The Balaban J connectivity index is 1.48. The van der Waals surface area contributed by atoms with Crippen molar-refractivity contribution in [2.75, 3.05) is 30.5 Å². The molecule has 3 N–H and O–H groups in total. The molecule has 1 aliphatic heterocycles. The zero-order valence-electron chi connectivity index (χ0n) is 20.5. The van der Waals surface area contributed by atoms with Crippen molar-refractivity contribution in [1.82, 2.24) is 15.0 Å². The monoisotopic (exact) mass is 517 g/mol. The maximum atomic E-state index is 13.7. The topological polar surface area (TPSA) is 118 Å². The Morgan fingerprint density at radius 1 is 1.24 bits per heavy atom. The first-order valence-electron chi connectivity index (χ1n) is 11.5. The molecule has 1 fully saturated rings. The van der Waals surface area contributed by atoms with E-state index in [-0.39, 0.29) is 45.9 Å². The number of aromatic nitrogens is 3. The van der Waals surface area contributed by atoms with E-state index in [1.54, 1.807) is 13.8 Å². The number of amides is 2. The Morgan fingerprint density at radius 2 is 2.00 bits per heavy atom. The number of nitrogens with zero attached hydrogens (tertiary/aromatic N) is 2. The average Bonchev–Trinajstić information content (AvgIpc) is 2.81. The molecule has 0 radical (unpaired) electrons. The second kappa shape index (κ2) is 10.2. The minimum absolute atomic E-state index is 0.00419. The van der Waals surface area contributed by atoms with Crippen LogP contribution in [0.4, 0.5) is 29.3 Å². The predicted octanol–water partition coefficient (Wildman–Crippen LogP) is 4.78. The van der Waals surface area contributed by atoms with Crippen molar-refractivity contribution in [2.24, 2.45) is 5.41 Å². The number of carbonyl (C=O) groups is 1. The summed E-state index contributed by atoms with van der Waals surface area (Å²) in [7, 11) is 0. The van der Waals surface area contributed by atoms with Gasteiger partial charge in [0.1, 0.15) is 0 Å². The number of urea groups is 1. The number of nitrogens with one attached hydrogen (secondary N) is 3. The van der Waals surface area contributed by atoms with Gasteiger partial charge in [0.2, 0.25) is 0 Å². The maximum Gasteiger partial charge on any atom is 0.416 e. The van der Waals surface area contributed by atoms with Gasteiger partial charge in [-0.05, 0) is 44.0 Å². The summed E-state index contributed by atoms with van der Waals surface area (Å²) in [6, 6.07) is 4.51. The van der Waals surface area contributed by atoms with Crippen LogP contribution in [-0.2, 0) is 17.3 Å². The molecule has 9 nitrogen and oxygen atoms in total. The summed E-state index contributed by atoms with van der Waals surface area (Å²) in [5, 5.41) is 4.99. The molecule has 0 unspecified atom stereocenters. The van der Waals surface area contributed by atoms with Crippen molar-refractivity contribution in [3.63, 3.8) is 0 Å². The molecule has 0 aliphatic carbocycles. The lowest BCUT2D eigenvalue weighted by molar-refractivity contribution is -0.139. The molecule has 4 rings (SSSR count). The molecule has 2 aromatic heterocycles. The lowest BCUT2D eigenvalue weighted by Gasteiger charge is -2.38. The molecule has 1 aromatic carbocycles. The largest absolute Gasteiger partial charge is 0.488 e. The zero-order valence-corrected chi connectivity index (χ0v) is 20.5. The molecule has 1 saturated heterocycles. The van der Waals surface area contributed by atoms with Crippen LogP contribution in [-0.4, -0.2) is 40.8 Å². The van der Waals surface area contributed by atoms with Crippen molar-refractivity contribution in [3.05, 3.63) is 63.8 Å². The molecule has 0 atom stereocenters. The highest BCUT2D eigenvalue weighted by Gasteiger charge is 2.39. The molecular weight excluding hydrogens is 491 g/mol. The second-order valence-electron chi connectivity index (χ2n) is 9.14. The van der Waals surface area contributed by atoms with E-state index in [0.29, 0.717) is 31.1 Å². The van der Waals surface area contributed by atoms with E-state index in [2.05, 4.69) is 25.6 Å². The van der Waals surface area contributed by atoms with Gasteiger partial charge in [-0.25, -0.2) is 14.8 Å². The molecule has 0 spiro atoms. The quantitative estimate of drug-likeness (QED) is 0.415. The summed E-state index contributed by atoms with van der Waals surface area (Å²) in [6.07, 6.45) is -1.54. The molecule has 196 valence electrons. The molecule has 3 aromatic rings. The third kappa shape index (κ3) is 6.08. The lowest BCUT2D eigenvalue weighted by Crippen LogP contribution is -2.41. The Bertz CT molecular complexity index is 1370. The van der Waals surface area contributed by atoms with E-state index < -0.39 is 17.8 Å². The summed E-state index contributed by atoms with van der Waals surface area (Å²) in [5.41, 5.74) is -0.193. The average molecular weight is 518 g/mol. The van der Waals surface area contributed by atoms with Crippen LogP contribution in [0.1, 0.15) is 30.7 Å². The maximum absolute atomic E-state index is 13.7. The minimum atomic E-state index is -4.57. The summed E-state index contributed by atoms with van der Waals surface area (Å²) < 4.78 is 51.6. The highest BCUT2D eigenvalue weighted by molar-refractivity contribution is 6.00. The molecule has 3 heterocycles. The molecule has 37 heavy (non-hydrogen) atoms. The van der Waals surface area contributed by atoms with Crippen molar-refractivity contribution >= 4 is 17.4 Å². The van der Waals surface area contributed by atoms with Gasteiger partial charge in [-0.2, -0.15) is 13.2 Å². The Hall–Kier alpha value is -3.93. The van der Waals surface area contributed by atoms with Crippen molar-refractivity contribution in [2.45, 2.75) is 33.4 Å². The van der Waals surface area contributed by atoms with E-state index in [4.69, 9.17) is 9.47 Å². The second-order valence-corrected chi connectivity index (χ2v) is 9.14. The van der Waals surface area contributed by atoms with Crippen molar-refractivity contribution in [3.8, 4) is 17.1 Å². The number of carbonyl (C=O) groups excluding carboxylic acids is 1. The van der Waals surface area contributed by atoms with Gasteiger partial charge in [-0.15, -0.1) is 0 Å². The number of H-pyrrole nitrogens is 1. The standard InChI is InChI=1S/C25H26F3N5O4/c1-4-37-20-7-16(10-30-22(20)34)21-29-11-19(14(2)31-21)33-23(35)32-17-6-5-15(9-24(3)12-36-13-24)18(8-17)25(26,27)28/h5-8,10-11H,4,9,12-13H2,1-3H3,(H,30,34)(H2,32,33,35). The van der Waals surface area contributed by atoms with E-state index in [9.17, 15) is 22.8 Å². The van der Waals surface area contributed by atoms with Gasteiger partial charge in [0.15, 0.2) is 11.6 Å². The fourth-order valence-electron chi connectivity index (χ4n) is 3.95. The van der Waals surface area contributed by atoms with E-state index in [1.165, 1.54) is 30.6 Å². The van der Waals surface area contributed by atoms with Crippen LogP contribution in [0.5, 0.6) is 5.75 Å². The highest BCUT2D eigenvalue weighted by atomic mass is 19.4. The van der Waals surface area contributed by atoms with Crippen LogP contribution in [0.2, 0.25) is 0 Å². The van der Waals surface area contributed by atoms with Gasteiger partial charge in [-0.1, -0.05) is 13.0 Å².